The van der Waals surface area contributed by atoms with Gasteiger partial charge in [-0.05, 0) is 19.1 Å². The number of halogens is 2. The van der Waals surface area contributed by atoms with E-state index in [9.17, 15) is 0 Å². The molecule has 3 aromatic rings. The smallest absolute Gasteiger partial charge is 0.282 e. The Morgan fingerprint density at radius 2 is 1.91 bits per heavy atom. The maximum Gasteiger partial charge on any atom is 0.282 e. The third kappa shape index (κ3) is 3.91. The summed E-state index contributed by atoms with van der Waals surface area (Å²) in [5, 5.41) is 7.41. The molecule has 2 N–H and O–H groups in total. The fourth-order valence-corrected chi connectivity index (χ4v) is 2.90. The summed E-state index contributed by atoms with van der Waals surface area (Å²) < 4.78 is 5.31. The van der Waals surface area contributed by atoms with Crippen LogP contribution in [-0.4, -0.2) is 10.1 Å². The average Bonchev–Trinajstić information content (AvgIpc) is 3.02. The topological polar surface area (TPSA) is 55.5 Å². The molecule has 4 nitrogen and oxygen atoms in total. The highest BCUT2D eigenvalue weighted by atomic mass is 35.5. The molecule has 1 atom stereocenters. The second-order valence-corrected chi connectivity index (χ2v) is 6.12. The molecule has 0 aliphatic carbocycles. The number of benzene rings is 2. The molecule has 0 aliphatic rings. The van der Waals surface area contributed by atoms with Crippen LogP contribution in [0.25, 0.3) is 11.4 Å². The Bertz CT molecular complexity index is 790. The molecule has 0 saturated carbocycles. The molecule has 0 spiro atoms. The molecule has 23 heavy (non-hydrogen) atoms. The zero-order chi connectivity index (χ0) is 16.2. The van der Waals surface area contributed by atoms with E-state index in [1.54, 1.807) is 6.07 Å². The Kier molecular flexibility index (Phi) is 4.96. The van der Waals surface area contributed by atoms with Gasteiger partial charge in [0.05, 0.1) is 5.02 Å². The molecule has 0 bridgehead atoms. The third-order valence-corrected chi connectivity index (χ3v) is 4.16. The summed E-state index contributed by atoms with van der Waals surface area (Å²) in [7, 11) is 0. The first kappa shape index (κ1) is 16.0. The number of rotatable bonds is 5. The largest absolute Gasteiger partial charge is 0.333 e. The van der Waals surface area contributed by atoms with Gasteiger partial charge in [-0.25, -0.2) is 0 Å². The average molecular weight is 349 g/mol. The third-order valence-electron chi connectivity index (χ3n) is 3.60. The van der Waals surface area contributed by atoms with E-state index in [4.69, 9.17) is 27.7 Å². The number of nitrogens with two attached hydrogens (primary N) is 1. The summed E-state index contributed by atoms with van der Waals surface area (Å²) in [5.74, 6) is 1.19. The maximum absolute atomic E-state index is 6.23. The first-order chi connectivity index (χ1) is 11.1. The molecular formula is C17H16Cl2N3O+. The Morgan fingerprint density at radius 3 is 2.65 bits per heavy atom. The fraction of sp³-hybridized carbons (Fsp3) is 0.176. The van der Waals surface area contributed by atoms with Crippen molar-refractivity contribution in [3.05, 3.63) is 70.0 Å². The van der Waals surface area contributed by atoms with Gasteiger partial charge in [-0.1, -0.05) is 64.8 Å². The van der Waals surface area contributed by atoms with Crippen LogP contribution in [0.5, 0.6) is 0 Å². The molecular weight excluding hydrogens is 333 g/mol. The van der Waals surface area contributed by atoms with Crippen LogP contribution in [0.15, 0.2) is 53.1 Å². The SMILES string of the molecule is C[C@@H]([NH2+]Cc1nc(-c2ccccc2)no1)c1ccc(Cl)cc1Cl. The molecule has 0 radical (unpaired) electrons. The van der Waals surface area contributed by atoms with Gasteiger partial charge in [-0.2, -0.15) is 4.98 Å². The highest BCUT2D eigenvalue weighted by molar-refractivity contribution is 6.35. The van der Waals surface area contributed by atoms with Crippen LogP contribution in [0.4, 0.5) is 0 Å². The maximum atomic E-state index is 6.23. The van der Waals surface area contributed by atoms with Crippen molar-refractivity contribution in [2.24, 2.45) is 0 Å². The number of hydrogen-bond acceptors (Lipinski definition) is 3. The van der Waals surface area contributed by atoms with Crippen molar-refractivity contribution in [3.8, 4) is 11.4 Å². The van der Waals surface area contributed by atoms with Crippen molar-refractivity contribution in [1.82, 2.24) is 10.1 Å². The van der Waals surface area contributed by atoms with E-state index in [2.05, 4.69) is 22.4 Å². The number of nitrogens with zero attached hydrogens (tertiary/aromatic N) is 2. The van der Waals surface area contributed by atoms with Gasteiger partial charge >= 0.3 is 0 Å². The van der Waals surface area contributed by atoms with Crippen LogP contribution in [0.3, 0.4) is 0 Å². The highest BCUT2D eigenvalue weighted by Gasteiger charge is 2.15. The van der Waals surface area contributed by atoms with Crippen molar-refractivity contribution in [2.75, 3.05) is 0 Å². The van der Waals surface area contributed by atoms with E-state index < -0.39 is 0 Å². The van der Waals surface area contributed by atoms with Crippen molar-refractivity contribution < 1.29 is 9.84 Å². The minimum atomic E-state index is 0.159. The summed E-state index contributed by atoms with van der Waals surface area (Å²) in [4.78, 5) is 4.42. The molecule has 0 amide bonds. The Hall–Kier alpha value is -1.88. The Balaban J connectivity index is 1.65. The van der Waals surface area contributed by atoms with Gasteiger partial charge in [0.1, 0.15) is 6.04 Å². The lowest BCUT2D eigenvalue weighted by Gasteiger charge is -2.11. The van der Waals surface area contributed by atoms with Gasteiger partial charge in [-0.3, -0.25) is 0 Å². The van der Waals surface area contributed by atoms with Gasteiger partial charge in [0.2, 0.25) is 5.82 Å². The standard InChI is InChI=1S/C17H15Cl2N3O/c1-11(14-8-7-13(18)9-15(14)19)20-10-16-21-17(22-23-16)12-5-3-2-4-6-12/h2-9,11,20H,10H2,1H3/p+1/t11-/m1/s1. The van der Waals surface area contributed by atoms with Crippen molar-refractivity contribution >= 4 is 23.2 Å². The van der Waals surface area contributed by atoms with E-state index in [0.29, 0.717) is 28.3 Å². The van der Waals surface area contributed by atoms with Gasteiger partial charge in [0, 0.05) is 16.1 Å². The molecule has 0 saturated heterocycles. The molecule has 0 fully saturated rings. The number of hydrogen-bond donors (Lipinski definition) is 1. The fourth-order valence-electron chi connectivity index (χ4n) is 2.32. The van der Waals surface area contributed by atoms with Crippen molar-refractivity contribution in [1.29, 1.82) is 0 Å². The molecule has 2 aromatic carbocycles. The van der Waals surface area contributed by atoms with Crippen molar-refractivity contribution in [3.63, 3.8) is 0 Å². The Morgan fingerprint density at radius 1 is 1.13 bits per heavy atom. The Labute approximate surface area is 144 Å². The van der Waals surface area contributed by atoms with Crippen molar-refractivity contribution in [2.45, 2.75) is 19.5 Å². The first-order valence-corrected chi connectivity index (χ1v) is 8.05. The van der Waals surface area contributed by atoms with Crippen LogP contribution in [0.1, 0.15) is 24.4 Å². The molecule has 1 aromatic heterocycles. The zero-order valence-corrected chi connectivity index (χ0v) is 14.1. The van der Waals surface area contributed by atoms with Gasteiger partial charge in [0.25, 0.3) is 5.89 Å². The summed E-state index contributed by atoms with van der Waals surface area (Å²) in [6.07, 6.45) is 0. The van der Waals surface area contributed by atoms with Crippen LogP contribution in [-0.2, 0) is 6.54 Å². The molecule has 3 rings (SSSR count). The predicted octanol–water partition coefficient (Wildman–Crippen LogP) is 3.87. The van der Waals surface area contributed by atoms with Crippen LogP contribution in [0.2, 0.25) is 10.0 Å². The minimum absolute atomic E-state index is 0.159. The summed E-state index contributed by atoms with van der Waals surface area (Å²) >= 11 is 12.2. The lowest BCUT2D eigenvalue weighted by Crippen LogP contribution is -2.83. The van der Waals surface area contributed by atoms with E-state index in [1.165, 1.54) is 0 Å². The number of quaternary nitrogens is 1. The number of aromatic nitrogens is 2. The lowest BCUT2D eigenvalue weighted by molar-refractivity contribution is -0.710. The van der Waals surface area contributed by atoms with E-state index >= 15 is 0 Å². The van der Waals surface area contributed by atoms with Crippen LogP contribution < -0.4 is 5.32 Å². The lowest BCUT2D eigenvalue weighted by atomic mass is 10.1. The molecule has 0 aliphatic heterocycles. The molecule has 1 heterocycles. The van der Waals surface area contributed by atoms with E-state index in [0.717, 1.165) is 11.1 Å². The minimum Gasteiger partial charge on any atom is -0.333 e. The first-order valence-electron chi connectivity index (χ1n) is 7.30. The molecule has 118 valence electrons. The molecule has 6 heteroatoms. The van der Waals surface area contributed by atoms with Gasteiger partial charge in [0.15, 0.2) is 6.54 Å². The van der Waals surface area contributed by atoms with E-state index in [-0.39, 0.29) is 6.04 Å². The quantitative estimate of drug-likeness (QED) is 0.761. The zero-order valence-electron chi connectivity index (χ0n) is 12.5. The second-order valence-electron chi connectivity index (χ2n) is 5.27. The monoisotopic (exact) mass is 348 g/mol. The highest BCUT2D eigenvalue weighted by Crippen LogP contribution is 2.24. The summed E-state index contributed by atoms with van der Waals surface area (Å²) in [6.45, 7) is 2.66. The second kappa shape index (κ2) is 7.13. The normalized spacial score (nSPS) is 12.3. The van der Waals surface area contributed by atoms with Crippen LogP contribution in [0, 0.1) is 0 Å². The summed E-state index contributed by atoms with van der Waals surface area (Å²) in [5.41, 5.74) is 1.97. The van der Waals surface area contributed by atoms with Gasteiger partial charge in [-0.15, -0.1) is 0 Å². The predicted molar refractivity (Wildman–Crippen MR) is 90.2 cm³/mol. The summed E-state index contributed by atoms with van der Waals surface area (Å²) in [6, 6.07) is 15.4. The van der Waals surface area contributed by atoms with E-state index in [1.807, 2.05) is 42.5 Å². The molecule has 0 unspecified atom stereocenters. The van der Waals surface area contributed by atoms with Gasteiger partial charge < -0.3 is 9.84 Å². The van der Waals surface area contributed by atoms with Crippen LogP contribution >= 0.6 is 23.2 Å².